The second kappa shape index (κ2) is 7.26. The summed E-state index contributed by atoms with van der Waals surface area (Å²) in [5.41, 5.74) is 1.98. The first kappa shape index (κ1) is 18.3. The minimum absolute atomic E-state index is 0.00715. The fraction of sp³-hybridized carbons (Fsp3) is 0.435. The van der Waals surface area contributed by atoms with Crippen molar-refractivity contribution in [3.05, 3.63) is 59.9 Å². The molecule has 3 atom stereocenters. The number of hydrogen-bond donors (Lipinski definition) is 2. The molecule has 0 aliphatic carbocycles. The summed E-state index contributed by atoms with van der Waals surface area (Å²) in [6.07, 6.45) is 6.34. The molecule has 29 heavy (non-hydrogen) atoms. The predicted molar refractivity (Wildman–Crippen MR) is 110 cm³/mol. The summed E-state index contributed by atoms with van der Waals surface area (Å²) in [7, 11) is 0. The van der Waals surface area contributed by atoms with Gasteiger partial charge in [-0.3, -0.25) is 19.5 Å². The largest absolute Gasteiger partial charge is 0.356 e. The molecule has 6 nitrogen and oxygen atoms in total. The quantitative estimate of drug-likeness (QED) is 0.769. The van der Waals surface area contributed by atoms with Crippen molar-refractivity contribution >= 4 is 17.5 Å². The van der Waals surface area contributed by atoms with E-state index in [1.54, 1.807) is 6.20 Å². The molecule has 2 fully saturated rings. The van der Waals surface area contributed by atoms with E-state index in [0.29, 0.717) is 12.6 Å². The molecule has 150 valence electrons. The highest BCUT2D eigenvalue weighted by Gasteiger charge is 2.65. The molecule has 6 heteroatoms. The molecule has 3 aliphatic heterocycles. The van der Waals surface area contributed by atoms with Gasteiger partial charge in [-0.15, -0.1) is 0 Å². The number of rotatable bonds is 5. The zero-order chi connectivity index (χ0) is 19.8. The Morgan fingerprint density at radius 2 is 2.10 bits per heavy atom. The lowest BCUT2D eigenvalue weighted by atomic mass is 9.78. The van der Waals surface area contributed by atoms with E-state index in [-0.39, 0.29) is 17.7 Å². The number of aromatic nitrogens is 1. The van der Waals surface area contributed by atoms with Crippen LogP contribution in [0.2, 0.25) is 0 Å². The van der Waals surface area contributed by atoms with Crippen molar-refractivity contribution < 1.29 is 9.59 Å². The third-order valence-electron chi connectivity index (χ3n) is 6.73. The topological polar surface area (TPSA) is 74.3 Å². The fourth-order valence-electron chi connectivity index (χ4n) is 5.53. The molecular formula is C23H26N4O2. The summed E-state index contributed by atoms with van der Waals surface area (Å²) in [5.74, 6) is -0.407. The maximum atomic E-state index is 13.3. The van der Waals surface area contributed by atoms with E-state index < -0.39 is 5.54 Å². The molecule has 4 heterocycles. The van der Waals surface area contributed by atoms with E-state index in [1.165, 1.54) is 0 Å². The van der Waals surface area contributed by atoms with Crippen molar-refractivity contribution in [2.24, 2.45) is 5.92 Å². The number of carbonyl (C=O) groups is 2. The maximum absolute atomic E-state index is 13.3. The van der Waals surface area contributed by atoms with Gasteiger partial charge in [0.25, 0.3) is 0 Å². The predicted octanol–water partition coefficient (Wildman–Crippen LogP) is 2.46. The van der Waals surface area contributed by atoms with Gasteiger partial charge in [0.1, 0.15) is 5.54 Å². The van der Waals surface area contributed by atoms with E-state index in [2.05, 4.69) is 20.5 Å². The monoisotopic (exact) mass is 390 g/mol. The lowest BCUT2D eigenvalue weighted by Crippen LogP contribution is -2.54. The molecule has 2 amide bonds. The molecule has 1 spiro atoms. The van der Waals surface area contributed by atoms with Gasteiger partial charge in [0, 0.05) is 35.7 Å². The smallest absolute Gasteiger partial charge is 0.250 e. The molecule has 0 bridgehead atoms. The zero-order valence-corrected chi connectivity index (χ0v) is 16.4. The number of pyridine rings is 1. The standard InChI is InChI=1S/C23H26N4O2/c28-21(25-13-5-8-16-7-3-4-12-24-16)19-15-17-9-6-14-27(17)23(19)18-10-1-2-11-20(18)26-22(23)29/h1-4,7,10-12,17,19H,5-6,8-9,13-15H2,(H,25,28)(H,26,29)/t17-,19-,23+/m1/s1. The van der Waals surface area contributed by atoms with E-state index in [9.17, 15) is 9.59 Å². The first-order valence-corrected chi connectivity index (χ1v) is 10.6. The highest BCUT2D eigenvalue weighted by atomic mass is 16.2. The molecule has 2 aromatic rings. The molecular weight excluding hydrogens is 364 g/mol. The van der Waals surface area contributed by atoms with Crippen molar-refractivity contribution in [2.45, 2.75) is 43.7 Å². The van der Waals surface area contributed by atoms with Crippen LogP contribution in [0.5, 0.6) is 0 Å². The van der Waals surface area contributed by atoms with Crippen molar-refractivity contribution in [3.63, 3.8) is 0 Å². The van der Waals surface area contributed by atoms with E-state index in [1.807, 2.05) is 42.5 Å². The lowest BCUT2D eigenvalue weighted by Gasteiger charge is -2.36. The fourth-order valence-corrected chi connectivity index (χ4v) is 5.53. The van der Waals surface area contributed by atoms with Gasteiger partial charge < -0.3 is 10.6 Å². The Hall–Kier alpha value is -2.73. The van der Waals surface area contributed by atoms with Crippen LogP contribution in [0.3, 0.4) is 0 Å². The Bertz CT molecular complexity index is 931. The number of anilines is 1. The van der Waals surface area contributed by atoms with Crippen LogP contribution in [0.15, 0.2) is 48.7 Å². The van der Waals surface area contributed by atoms with Gasteiger partial charge >= 0.3 is 0 Å². The molecule has 0 unspecified atom stereocenters. The number of hydrogen-bond acceptors (Lipinski definition) is 4. The third-order valence-corrected chi connectivity index (χ3v) is 6.73. The minimum Gasteiger partial charge on any atom is -0.356 e. The van der Waals surface area contributed by atoms with E-state index in [4.69, 9.17) is 0 Å². The van der Waals surface area contributed by atoms with Gasteiger partial charge in [-0.25, -0.2) is 0 Å². The summed E-state index contributed by atoms with van der Waals surface area (Å²) in [5, 5.41) is 6.16. The van der Waals surface area contributed by atoms with Gasteiger partial charge in [-0.2, -0.15) is 0 Å². The average Bonchev–Trinajstić information content (AvgIpc) is 3.40. The molecule has 0 saturated carbocycles. The van der Waals surface area contributed by atoms with Crippen LogP contribution in [0.25, 0.3) is 0 Å². The van der Waals surface area contributed by atoms with Gasteiger partial charge in [0.05, 0.1) is 5.92 Å². The zero-order valence-electron chi connectivity index (χ0n) is 16.4. The molecule has 3 aliphatic rings. The van der Waals surface area contributed by atoms with Crippen LogP contribution in [-0.4, -0.2) is 40.8 Å². The van der Waals surface area contributed by atoms with Crippen LogP contribution in [0, 0.1) is 5.92 Å². The highest BCUT2D eigenvalue weighted by Crippen LogP contribution is 2.55. The number of amides is 2. The van der Waals surface area contributed by atoms with Crippen LogP contribution in [0.1, 0.15) is 36.9 Å². The van der Waals surface area contributed by atoms with Gasteiger partial charge in [-0.05, 0) is 56.8 Å². The number of carbonyl (C=O) groups excluding carboxylic acids is 2. The number of nitrogens with one attached hydrogen (secondary N) is 2. The SMILES string of the molecule is O=C(NCCCc1ccccn1)[C@H]1C[C@H]2CCCN2[C@]12C(=O)Nc1ccccc12. The van der Waals surface area contributed by atoms with Crippen molar-refractivity contribution in [2.75, 3.05) is 18.4 Å². The summed E-state index contributed by atoms with van der Waals surface area (Å²) in [4.78, 5) is 33.2. The van der Waals surface area contributed by atoms with Crippen molar-refractivity contribution in [1.29, 1.82) is 0 Å². The Kier molecular flexibility index (Phi) is 4.59. The Morgan fingerprint density at radius 1 is 1.24 bits per heavy atom. The summed E-state index contributed by atoms with van der Waals surface area (Å²) in [6, 6.07) is 14.0. The second-order valence-corrected chi connectivity index (χ2v) is 8.26. The molecule has 1 aromatic heterocycles. The average molecular weight is 390 g/mol. The number of fused-ring (bicyclic) bond motifs is 4. The second-order valence-electron chi connectivity index (χ2n) is 8.26. The van der Waals surface area contributed by atoms with E-state index in [0.717, 1.165) is 55.6 Å². The molecule has 2 N–H and O–H groups in total. The molecule has 5 rings (SSSR count). The van der Waals surface area contributed by atoms with Crippen LogP contribution < -0.4 is 10.6 Å². The Morgan fingerprint density at radius 3 is 2.97 bits per heavy atom. The van der Waals surface area contributed by atoms with E-state index >= 15 is 0 Å². The van der Waals surface area contributed by atoms with Crippen molar-refractivity contribution in [3.8, 4) is 0 Å². The lowest BCUT2D eigenvalue weighted by molar-refractivity contribution is -0.137. The van der Waals surface area contributed by atoms with Crippen LogP contribution in [0.4, 0.5) is 5.69 Å². The number of benzene rings is 1. The normalized spacial score (nSPS) is 27.7. The Balaban J connectivity index is 1.35. The molecule has 1 aromatic carbocycles. The van der Waals surface area contributed by atoms with Gasteiger partial charge in [-0.1, -0.05) is 24.3 Å². The Labute approximate surface area is 170 Å². The summed E-state index contributed by atoms with van der Waals surface area (Å²) >= 11 is 0. The van der Waals surface area contributed by atoms with Crippen molar-refractivity contribution in [1.82, 2.24) is 15.2 Å². The first-order chi connectivity index (χ1) is 14.2. The summed E-state index contributed by atoms with van der Waals surface area (Å²) in [6.45, 7) is 1.46. The molecule has 2 saturated heterocycles. The van der Waals surface area contributed by atoms with Crippen LogP contribution >= 0.6 is 0 Å². The van der Waals surface area contributed by atoms with Crippen LogP contribution in [-0.2, 0) is 21.5 Å². The number of aryl methyl sites for hydroxylation is 1. The first-order valence-electron chi connectivity index (χ1n) is 10.6. The third kappa shape index (κ3) is 2.85. The maximum Gasteiger partial charge on any atom is 0.250 e. The highest BCUT2D eigenvalue weighted by molar-refractivity contribution is 6.09. The van der Waals surface area contributed by atoms with Gasteiger partial charge in [0.15, 0.2) is 0 Å². The van der Waals surface area contributed by atoms with Gasteiger partial charge in [0.2, 0.25) is 11.8 Å². The number of nitrogens with zero attached hydrogens (tertiary/aromatic N) is 2. The summed E-state index contributed by atoms with van der Waals surface area (Å²) < 4.78 is 0. The molecule has 0 radical (unpaired) electrons. The minimum atomic E-state index is -0.858. The number of para-hydroxylation sites is 1.